The van der Waals surface area contributed by atoms with E-state index in [0.29, 0.717) is 28.5 Å². The fraction of sp³-hybridized carbons (Fsp3) is 0.263. The zero-order chi connectivity index (χ0) is 22.4. The predicted molar refractivity (Wildman–Crippen MR) is 112 cm³/mol. The fourth-order valence-corrected chi connectivity index (χ4v) is 2.78. The summed E-state index contributed by atoms with van der Waals surface area (Å²) in [7, 11) is 4.69. The molecule has 12 nitrogen and oxygen atoms in total. The zero-order valence-corrected chi connectivity index (χ0v) is 17.5. The van der Waals surface area contributed by atoms with Crippen LogP contribution in [0.1, 0.15) is 17.3 Å². The highest BCUT2D eigenvalue weighted by Gasteiger charge is 2.18. The van der Waals surface area contributed by atoms with Gasteiger partial charge < -0.3 is 20.1 Å². The Kier molecular flexibility index (Phi) is 6.60. The maximum Gasteiger partial charge on any atom is 0.412 e. The highest BCUT2D eigenvalue weighted by atomic mass is 16.5. The molecule has 0 saturated heterocycles. The molecule has 2 amide bonds. The largest absolute Gasteiger partial charge is 0.494 e. The zero-order valence-electron chi connectivity index (χ0n) is 17.5. The number of rotatable bonds is 7. The van der Waals surface area contributed by atoms with E-state index >= 15 is 0 Å². The highest BCUT2D eigenvalue weighted by molar-refractivity contribution is 6.01. The van der Waals surface area contributed by atoms with Gasteiger partial charge in [-0.2, -0.15) is 4.80 Å². The Morgan fingerprint density at radius 1 is 1.23 bits per heavy atom. The van der Waals surface area contributed by atoms with Crippen LogP contribution in [0, 0.1) is 0 Å². The molecular formula is C19H22N8O4. The minimum absolute atomic E-state index is 0.208. The first-order chi connectivity index (χ1) is 15.0. The van der Waals surface area contributed by atoms with Gasteiger partial charge in [0.1, 0.15) is 5.82 Å². The number of aromatic nitrogens is 5. The Hall–Kier alpha value is -4.22. The molecule has 3 rings (SSSR count). The molecule has 1 aromatic carbocycles. The lowest BCUT2D eigenvalue weighted by atomic mass is 10.1. The van der Waals surface area contributed by atoms with Crippen LogP contribution in [0.15, 0.2) is 30.5 Å². The van der Waals surface area contributed by atoms with Crippen molar-refractivity contribution in [3.8, 4) is 17.1 Å². The Labute approximate surface area is 178 Å². The van der Waals surface area contributed by atoms with Gasteiger partial charge in [-0.25, -0.2) is 9.78 Å². The maximum atomic E-state index is 12.3. The number of amides is 2. The number of methoxy groups -OCH3 is 1. The summed E-state index contributed by atoms with van der Waals surface area (Å²) < 4.78 is 10.5. The van der Waals surface area contributed by atoms with E-state index in [1.807, 2.05) is 0 Å². The van der Waals surface area contributed by atoms with Gasteiger partial charge in [0.15, 0.2) is 5.75 Å². The summed E-state index contributed by atoms with van der Waals surface area (Å²) in [5, 5.41) is 20.3. The quantitative estimate of drug-likeness (QED) is 0.516. The monoisotopic (exact) mass is 426 g/mol. The smallest absolute Gasteiger partial charge is 0.412 e. The number of pyridine rings is 1. The van der Waals surface area contributed by atoms with Gasteiger partial charge in [-0.1, -0.05) is 6.07 Å². The van der Waals surface area contributed by atoms with Crippen molar-refractivity contribution >= 4 is 29.2 Å². The number of anilines is 3. The highest BCUT2D eigenvalue weighted by Crippen LogP contribution is 2.37. The van der Waals surface area contributed by atoms with Crippen molar-refractivity contribution in [2.75, 3.05) is 31.4 Å². The van der Waals surface area contributed by atoms with Crippen LogP contribution in [0.3, 0.4) is 0 Å². The normalized spacial score (nSPS) is 10.3. The maximum absolute atomic E-state index is 12.3. The van der Waals surface area contributed by atoms with Crippen LogP contribution in [0.2, 0.25) is 0 Å². The summed E-state index contributed by atoms with van der Waals surface area (Å²) in [5.41, 5.74) is 1.82. The Morgan fingerprint density at radius 2 is 2.03 bits per heavy atom. The molecule has 0 atom stereocenters. The van der Waals surface area contributed by atoms with Crippen molar-refractivity contribution in [2.45, 2.75) is 6.92 Å². The molecule has 0 aliphatic rings. The number of hydrogen-bond donors (Lipinski definition) is 3. The third kappa shape index (κ3) is 4.86. The lowest BCUT2D eigenvalue weighted by molar-refractivity contribution is 0.0963. The van der Waals surface area contributed by atoms with Gasteiger partial charge in [0.25, 0.3) is 5.91 Å². The van der Waals surface area contributed by atoms with E-state index in [4.69, 9.17) is 9.47 Å². The van der Waals surface area contributed by atoms with E-state index in [1.165, 1.54) is 31.2 Å². The van der Waals surface area contributed by atoms with E-state index in [1.54, 1.807) is 32.2 Å². The van der Waals surface area contributed by atoms with Gasteiger partial charge in [-0.3, -0.25) is 10.1 Å². The summed E-state index contributed by atoms with van der Waals surface area (Å²) in [6, 6.07) is 6.87. The molecule has 0 aliphatic heterocycles. The van der Waals surface area contributed by atoms with Crippen molar-refractivity contribution in [3.05, 3.63) is 36.0 Å². The third-order valence-electron chi connectivity index (χ3n) is 4.12. The summed E-state index contributed by atoms with van der Waals surface area (Å²) in [6.45, 7) is 1.91. The number of hydrogen-bond acceptors (Lipinski definition) is 9. The fourth-order valence-electron chi connectivity index (χ4n) is 2.78. The second kappa shape index (κ2) is 9.52. The number of benzene rings is 1. The molecule has 0 saturated carbocycles. The van der Waals surface area contributed by atoms with Gasteiger partial charge in [-0.15, -0.1) is 10.2 Å². The van der Waals surface area contributed by atoms with Crippen LogP contribution in [0.25, 0.3) is 11.4 Å². The van der Waals surface area contributed by atoms with Crippen molar-refractivity contribution in [3.63, 3.8) is 0 Å². The Morgan fingerprint density at radius 3 is 2.68 bits per heavy atom. The molecule has 12 heteroatoms. The molecule has 3 N–H and O–H groups in total. The molecule has 0 fully saturated rings. The van der Waals surface area contributed by atoms with Gasteiger partial charge in [0.2, 0.25) is 5.82 Å². The molecule has 162 valence electrons. The molecule has 31 heavy (non-hydrogen) atoms. The van der Waals surface area contributed by atoms with Crippen molar-refractivity contribution in [2.24, 2.45) is 7.05 Å². The predicted octanol–water partition coefficient (Wildman–Crippen LogP) is 1.95. The average molecular weight is 426 g/mol. The Bertz CT molecular complexity index is 1100. The first-order valence-electron chi connectivity index (χ1n) is 9.31. The number of aryl methyl sites for hydroxylation is 1. The number of nitrogens with one attached hydrogen (secondary N) is 3. The first kappa shape index (κ1) is 21.5. The number of carbonyl (C=O) groups excluding carboxylic acids is 2. The summed E-state index contributed by atoms with van der Waals surface area (Å²) in [6.07, 6.45) is 0.700. The molecule has 0 bridgehead atoms. The number of para-hydroxylation sites is 1. The van der Waals surface area contributed by atoms with E-state index in [-0.39, 0.29) is 23.9 Å². The van der Waals surface area contributed by atoms with Crippen LogP contribution in [-0.2, 0) is 11.8 Å². The lowest BCUT2D eigenvalue weighted by Gasteiger charge is -2.16. The second-order valence-corrected chi connectivity index (χ2v) is 6.15. The summed E-state index contributed by atoms with van der Waals surface area (Å²) >= 11 is 0. The van der Waals surface area contributed by atoms with Crippen LogP contribution >= 0.6 is 0 Å². The van der Waals surface area contributed by atoms with Crippen LogP contribution < -0.4 is 20.7 Å². The SMILES string of the molecule is CCOC(=O)Nc1cc(Nc2cccc(-c3nnn(C)n3)c2OC)c(C(=O)NC)cn1. The molecule has 3 aromatic rings. The van der Waals surface area contributed by atoms with E-state index in [2.05, 4.69) is 36.3 Å². The van der Waals surface area contributed by atoms with Gasteiger partial charge in [-0.05, 0) is 24.3 Å². The second-order valence-electron chi connectivity index (χ2n) is 6.15. The standard InChI is InChI=1S/C19H22N8O4/c1-5-31-19(29)23-15-9-14(12(10-21-15)18(28)20-2)22-13-8-6-7-11(16(13)30-4)17-24-26-27(3)25-17/h6-10H,5H2,1-4H3,(H,20,28)(H2,21,22,23,29). The van der Waals surface area contributed by atoms with Crippen molar-refractivity contribution in [1.82, 2.24) is 30.5 Å². The van der Waals surface area contributed by atoms with E-state index in [9.17, 15) is 9.59 Å². The van der Waals surface area contributed by atoms with Crippen molar-refractivity contribution < 1.29 is 19.1 Å². The lowest BCUT2D eigenvalue weighted by Crippen LogP contribution is -2.20. The van der Waals surface area contributed by atoms with E-state index in [0.717, 1.165) is 0 Å². The minimum Gasteiger partial charge on any atom is -0.494 e. The van der Waals surface area contributed by atoms with Crippen LogP contribution in [0.5, 0.6) is 5.75 Å². The molecular weight excluding hydrogens is 404 g/mol. The molecule has 0 radical (unpaired) electrons. The van der Waals surface area contributed by atoms with Gasteiger partial charge >= 0.3 is 6.09 Å². The Balaban J connectivity index is 2.02. The minimum atomic E-state index is -0.651. The van der Waals surface area contributed by atoms with Gasteiger partial charge in [0, 0.05) is 19.3 Å². The summed E-state index contributed by atoms with van der Waals surface area (Å²) in [4.78, 5) is 29.5. The summed E-state index contributed by atoms with van der Waals surface area (Å²) in [5.74, 6) is 0.687. The third-order valence-corrected chi connectivity index (χ3v) is 4.12. The number of nitrogens with zero attached hydrogens (tertiary/aromatic N) is 5. The topological polar surface area (TPSA) is 145 Å². The average Bonchev–Trinajstić information content (AvgIpc) is 3.19. The number of ether oxygens (including phenoxy) is 2. The molecule has 2 aromatic heterocycles. The van der Waals surface area contributed by atoms with Crippen LogP contribution in [0.4, 0.5) is 22.0 Å². The molecule has 0 unspecified atom stereocenters. The molecule has 0 aliphatic carbocycles. The van der Waals surface area contributed by atoms with Crippen LogP contribution in [-0.4, -0.2) is 58.0 Å². The molecule has 0 spiro atoms. The number of carbonyl (C=O) groups is 2. The number of tetrazole rings is 1. The first-order valence-corrected chi connectivity index (χ1v) is 9.31. The van der Waals surface area contributed by atoms with Crippen molar-refractivity contribution in [1.29, 1.82) is 0 Å². The van der Waals surface area contributed by atoms with Gasteiger partial charge in [0.05, 0.1) is 43.3 Å². The molecule has 2 heterocycles. The van der Waals surface area contributed by atoms with E-state index < -0.39 is 6.09 Å².